The molecule has 5 nitrogen and oxygen atoms in total. The minimum Gasteiger partial charge on any atom is -0.423 e. The molecule has 0 heterocycles. The molecule has 0 unspecified atom stereocenters. The lowest BCUT2D eigenvalue weighted by atomic mass is 9.75. The lowest BCUT2D eigenvalue weighted by Crippen LogP contribution is -2.53. The van der Waals surface area contributed by atoms with Crippen LogP contribution < -0.4 is 10.8 Å². The Morgan fingerprint density at radius 3 is 2.38 bits per heavy atom. The quantitative estimate of drug-likeness (QED) is 0.710. The zero-order valence-corrected chi connectivity index (χ0v) is 12.9. The van der Waals surface area contributed by atoms with E-state index in [1.165, 1.54) is 13.0 Å². The second kappa shape index (κ2) is 6.13. The van der Waals surface area contributed by atoms with Gasteiger partial charge in [0.2, 0.25) is 5.91 Å². The van der Waals surface area contributed by atoms with Gasteiger partial charge >= 0.3 is 7.12 Å². The van der Waals surface area contributed by atoms with E-state index in [-0.39, 0.29) is 11.2 Å². The Labute approximate surface area is 124 Å². The van der Waals surface area contributed by atoms with Gasteiger partial charge in [0.1, 0.15) is 5.82 Å². The zero-order valence-electron chi connectivity index (χ0n) is 12.9. The third-order valence-electron chi connectivity index (χ3n) is 3.47. The number of benzene rings is 1. The fraction of sp³-hybridized carbons (Fsp3) is 0.500. The van der Waals surface area contributed by atoms with Gasteiger partial charge in [-0.3, -0.25) is 4.79 Å². The van der Waals surface area contributed by atoms with Crippen LogP contribution in [0.4, 0.5) is 10.1 Å². The highest BCUT2D eigenvalue weighted by Gasteiger charge is 2.40. The molecule has 0 aliphatic rings. The van der Waals surface area contributed by atoms with Crippen LogP contribution in [-0.4, -0.2) is 34.4 Å². The molecular formula is C14H21BFNO4. The summed E-state index contributed by atoms with van der Waals surface area (Å²) in [5.74, 6) is -0.938. The molecule has 1 aromatic carbocycles. The summed E-state index contributed by atoms with van der Waals surface area (Å²) in [7, 11) is -1.42. The van der Waals surface area contributed by atoms with Gasteiger partial charge in [0.15, 0.2) is 0 Å². The lowest BCUT2D eigenvalue weighted by molar-refractivity contribution is -0.114. The first-order valence-corrected chi connectivity index (χ1v) is 6.59. The number of hydrogen-bond donors (Lipinski definition) is 3. The van der Waals surface area contributed by atoms with Crippen LogP contribution in [0.3, 0.4) is 0 Å². The molecule has 116 valence electrons. The summed E-state index contributed by atoms with van der Waals surface area (Å²) >= 11 is 0. The summed E-state index contributed by atoms with van der Waals surface area (Å²) < 4.78 is 18.8. The van der Waals surface area contributed by atoms with E-state index in [1.54, 1.807) is 27.7 Å². The molecule has 1 amide bonds. The average molecular weight is 297 g/mol. The van der Waals surface area contributed by atoms with Crippen LogP contribution in [0.15, 0.2) is 18.2 Å². The first-order chi connectivity index (χ1) is 9.44. The molecule has 0 atom stereocenters. The Morgan fingerprint density at radius 1 is 1.33 bits per heavy atom. The van der Waals surface area contributed by atoms with E-state index in [0.717, 1.165) is 12.1 Å². The van der Waals surface area contributed by atoms with Crippen LogP contribution in [0.2, 0.25) is 0 Å². The van der Waals surface area contributed by atoms with Gasteiger partial charge in [0.25, 0.3) is 0 Å². The smallest absolute Gasteiger partial charge is 0.423 e. The molecule has 3 N–H and O–H groups in total. The minimum atomic E-state index is -1.42. The number of amides is 1. The summed E-state index contributed by atoms with van der Waals surface area (Å²) in [5.41, 5.74) is -1.93. The second-order valence-corrected chi connectivity index (χ2v) is 5.95. The van der Waals surface area contributed by atoms with Gasteiger partial charge in [-0.2, -0.15) is 0 Å². The van der Waals surface area contributed by atoms with Gasteiger partial charge in [-0.1, -0.05) is 6.07 Å². The number of carbonyl (C=O) groups is 1. The maximum atomic E-state index is 13.3. The van der Waals surface area contributed by atoms with Gasteiger partial charge in [0, 0.05) is 18.1 Å². The van der Waals surface area contributed by atoms with Gasteiger partial charge in [-0.15, -0.1) is 0 Å². The Balaban J connectivity index is 3.07. The Kier molecular flexibility index (Phi) is 5.14. The number of hydrogen-bond acceptors (Lipinski definition) is 4. The average Bonchev–Trinajstić information content (AvgIpc) is 2.25. The van der Waals surface area contributed by atoms with Crippen LogP contribution in [-0.2, 0) is 9.45 Å². The topological polar surface area (TPSA) is 78.8 Å². The fourth-order valence-corrected chi connectivity index (χ4v) is 1.53. The van der Waals surface area contributed by atoms with E-state index in [4.69, 9.17) is 4.65 Å². The van der Waals surface area contributed by atoms with E-state index in [9.17, 15) is 19.3 Å². The van der Waals surface area contributed by atoms with Crippen molar-refractivity contribution in [2.24, 2.45) is 0 Å². The summed E-state index contributed by atoms with van der Waals surface area (Å²) in [6.45, 7) is 7.64. The monoisotopic (exact) mass is 297 g/mol. The third kappa shape index (κ3) is 4.52. The summed E-state index contributed by atoms with van der Waals surface area (Å²) in [5, 5.41) is 22.7. The van der Waals surface area contributed by atoms with Crippen molar-refractivity contribution >= 4 is 24.2 Å². The molecule has 0 aliphatic heterocycles. The Bertz CT molecular complexity index is 528. The van der Waals surface area contributed by atoms with Gasteiger partial charge in [-0.05, 0) is 39.8 Å². The van der Waals surface area contributed by atoms with E-state index < -0.39 is 30.0 Å². The molecule has 7 heteroatoms. The van der Waals surface area contributed by atoms with Crippen LogP contribution in [0.5, 0.6) is 0 Å². The maximum absolute atomic E-state index is 13.3. The van der Waals surface area contributed by atoms with Crippen LogP contribution in [0.25, 0.3) is 0 Å². The van der Waals surface area contributed by atoms with Crippen molar-refractivity contribution in [3.05, 3.63) is 24.0 Å². The normalized spacial score (nSPS) is 12.2. The van der Waals surface area contributed by atoms with Crippen LogP contribution in [0.1, 0.15) is 34.6 Å². The highest BCUT2D eigenvalue weighted by molar-refractivity contribution is 6.62. The van der Waals surface area contributed by atoms with Gasteiger partial charge in [0.05, 0.1) is 11.2 Å². The van der Waals surface area contributed by atoms with E-state index in [1.807, 2.05) is 0 Å². The van der Waals surface area contributed by atoms with Crippen molar-refractivity contribution in [1.29, 1.82) is 0 Å². The molecular weight excluding hydrogens is 276 g/mol. The second-order valence-electron chi connectivity index (χ2n) is 5.95. The van der Waals surface area contributed by atoms with Crippen molar-refractivity contribution in [3.63, 3.8) is 0 Å². The summed E-state index contributed by atoms with van der Waals surface area (Å²) in [4.78, 5) is 11.1. The number of halogens is 1. The minimum absolute atomic E-state index is 0.126. The predicted molar refractivity (Wildman–Crippen MR) is 79.8 cm³/mol. The molecule has 0 aromatic heterocycles. The molecule has 1 rings (SSSR count). The number of nitrogens with one attached hydrogen (secondary N) is 1. The number of anilines is 1. The molecule has 1 aromatic rings. The molecule has 0 bridgehead atoms. The Morgan fingerprint density at radius 2 is 1.90 bits per heavy atom. The van der Waals surface area contributed by atoms with Crippen molar-refractivity contribution < 1.29 is 24.0 Å². The molecule has 0 fully saturated rings. The maximum Gasteiger partial charge on any atom is 0.493 e. The van der Waals surface area contributed by atoms with Gasteiger partial charge in [-0.25, -0.2) is 4.39 Å². The van der Waals surface area contributed by atoms with E-state index in [2.05, 4.69) is 5.32 Å². The SMILES string of the molecule is CC(=O)Nc1cc(F)ccc1B(O)OC(C)(C)C(C)(C)O. The van der Waals surface area contributed by atoms with Crippen molar-refractivity contribution in [1.82, 2.24) is 0 Å². The molecule has 0 spiro atoms. The van der Waals surface area contributed by atoms with Crippen LogP contribution in [0, 0.1) is 5.82 Å². The standard InChI is InChI=1S/C14H21BFNO4/c1-9(18)17-12-8-10(16)6-7-11(12)15(20)21-14(4,5)13(2,3)19/h6-8,19-20H,1-5H3,(H,17,18). The Hall–Kier alpha value is -1.44. The fourth-order valence-electron chi connectivity index (χ4n) is 1.53. The third-order valence-corrected chi connectivity index (χ3v) is 3.47. The van der Waals surface area contributed by atoms with Gasteiger partial charge < -0.3 is 20.1 Å². The number of rotatable bonds is 5. The number of carbonyl (C=O) groups excluding carboxylic acids is 1. The molecule has 21 heavy (non-hydrogen) atoms. The predicted octanol–water partition coefficient (Wildman–Crippen LogP) is 1.04. The number of aliphatic hydroxyl groups is 1. The van der Waals surface area contributed by atoms with Crippen molar-refractivity contribution in [2.75, 3.05) is 5.32 Å². The van der Waals surface area contributed by atoms with E-state index in [0.29, 0.717) is 0 Å². The molecule has 0 saturated carbocycles. The van der Waals surface area contributed by atoms with Crippen LogP contribution >= 0.6 is 0 Å². The van der Waals surface area contributed by atoms with Crippen molar-refractivity contribution in [2.45, 2.75) is 45.8 Å². The lowest BCUT2D eigenvalue weighted by Gasteiger charge is -2.38. The molecule has 0 saturated heterocycles. The highest BCUT2D eigenvalue weighted by atomic mass is 19.1. The first-order valence-electron chi connectivity index (χ1n) is 6.59. The highest BCUT2D eigenvalue weighted by Crippen LogP contribution is 2.25. The largest absolute Gasteiger partial charge is 0.493 e. The van der Waals surface area contributed by atoms with Crippen molar-refractivity contribution in [3.8, 4) is 0 Å². The summed E-state index contributed by atoms with van der Waals surface area (Å²) in [6.07, 6.45) is 0. The van der Waals surface area contributed by atoms with E-state index >= 15 is 0 Å². The summed E-state index contributed by atoms with van der Waals surface area (Å²) in [6, 6.07) is 3.58. The first kappa shape index (κ1) is 17.6. The molecule has 0 radical (unpaired) electrons. The molecule has 0 aliphatic carbocycles. The zero-order chi connectivity index (χ0) is 16.4.